The van der Waals surface area contributed by atoms with Gasteiger partial charge in [0.25, 0.3) is 5.91 Å². The third-order valence-electron chi connectivity index (χ3n) is 5.65. The van der Waals surface area contributed by atoms with Gasteiger partial charge in [0.15, 0.2) is 11.5 Å². The highest BCUT2D eigenvalue weighted by Crippen LogP contribution is 2.40. The lowest BCUT2D eigenvalue weighted by atomic mass is 9.74. The van der Waals surface area contributed by atoms with Crippen molar-refractivity contribution in [2.45, 2.75) is 32.1 Å². The molecule has 0 aromatic heterocycles. The van der Waals surface area contributed by atoms with Crippen molar-refractivity contribution in [2.24, 2.45) is 0 Å². The number of amides is 1. The summed E-state index contributed by atoms with van der Waals surface area (Å²) in [5.41, 5.74) is 3.89. The second-order valence-corrected chi connectivity index (χ2v) is 7.46. The van der Waals surface area contributed by atoms with Crippen LogP contribution in [0.1, 0.15) is 39.9 Å². The van der Waals surface area contributed by atoms with Gasteiger partial charge in [-0.05, 0) is 56.0 Å². The highest BCUT2D eigenvalue weighted by atomic mass is 16.7. The lowest BCUT2D eigenvalue weighted by Crippen LogP contribution is -2.44. The smallest absolute Gasteiger partial charge is 0.251 e. The lowest BCUT2D eigenvalue weighted by Gasteiger charge is -2.38. The fourth-order valence-electron chi connectivity index (χ4n) is 3.97. The maximum atomic E-state index is 12.8. The number of rotatable bonds is 4. The van der Waals surface area contributed by atoms with Crippen molar-refractivity contribution in [1.29, 1.82) is 0 Å². The first-order valence-electron chi connectivity index (χ1n) is 9.41. The van der Waals surface area contributed by atoms with E-state index >= 15 is 0 Å². The lowest BCUT2D eigenvalue weighted by molar-refractivity contribution is 0.0486. The first-order valence-corrected chi connectivity index (χ1v) is 9.41. The predicted octanol–water partition coefficient (Wildman–Crippen LogP) is 3.51. The van der Waals surface area contributed by atoms with Crippen LogP contribution >= 0.6 is 0 Å². The van der Waals surface area contributed by atoms with Gasteiger partial charge in [-0.25, -0.2) is 0 Å². The quantitative estimate of drug-likeness (QED) is 0.898. The van der Waals surface area contributed by atoms with Crippen LogP contribution < -0.4 is 14.8 Å². The van der Waals surface area contributed by atoms with Crippen molar-refractivity contribution < 1.29 is 19.0 Å². The van der Waals surface area contributed by atoms with Crippen LogP contribution in [0.5, 0.6) is 11.5 Å². The maximum absolute atomic E-state index is 12.8. The minimum Gasteiger partial charge on any atom is -0.454 e. The second kappa shape index (κ2) is 7.24. The Hall–Kier alpha value is -2.53. The van der Waals surface area contributed by atoms with Crippen molar-refractivity contribution >= 4 is 5.91 Å². The van der Waals surface area contributed by atoms with Gasteiger partial charge in [0.1, 0.15) is 0 Å². The number of nitrogens with one attached hydrogen (secondary N) is 1. The molecule has 2 aliphatic rings. The molecule has 2 aliphatic heterocycles. The van der Waals surface area contributed by atoms with Gasteiger partial charge >= 0.3 is 0 Å². The van der Waals surface area contributed by atoms with E-state index < -0.39 is 0 Å². The van der Waals surface area contributed by atoms with Crippen molar-refractivity contribution in [3.63, 3.8) is 0 Å². The Morgan fingerprint density at radius 3 is 2.59 bits per heavy atom. The summed E-state index contributed by atoms with van der Waals surface area (Å²) in [7, 11) is 0. The molecule has 1 amide bonds. The Labute approximate surface area is 159 Å². The number of benzene rings is 2. The number of hydrogen-bond acceptors (Lipinski definition) is 4. The summed E-state index contributed by atoms with van der Waals surface area (Å²) in [6, 6.07) is 12.0. The van der Waals surface area contributed by atoms with Gasteiger partial charge in [0.2, 0.25) is 6.79 Å². The molecular weight excluding hydrogens is 342 g/mol. The Bertz CT molecular complexity index is 855. The standard InChI is InChI=1S/C22H25NO4/c1-15-3-5-18(16(2)11-15)21(24)23-13-22(7-9-25-10-8-22)17-4-6-19-20(12-17)27-14-26-19/h3-6,11-12H,7-10,13-14H2,1-2H3,(H,23,24). The van der Waals surface area contributed by atoms with Gasteiger partial charge < -0.3 is 19.5 Å². The fourth-order valence-corrected chi connectivity index (χ4v) is 3.97. The Balaban J connectivity index is 1.56. The summed E-state index contributed by atoms with van der Waals surface area (Å²) in [5, 5.41) is 3.17. The van der Waals surface area contributed by atoms with Gasteiger partial charge in [-0.3, -0.25) is 4.79 Å². The third kappa shape index (κ3) is 3.52. The van der Waals surface area contributed by atoms with Crippen LogP contribution in [0.2, 0.25) is 0 Å². The van der Waals surface area contributed by atoms with Gasteiger partial charge in [-0.1, -0.05) is 23.8 Å². The van der Waals surface area contributed by atoms with E-state index in [-0.39, 0.29) is 18.1 Å². The Morgan fingerprint density at radius 1 is 1.04 bits per heavy atom. The van der Waals surface area contributed by atoms with E-state index in [1.165, 1.54) is 0 Å². The highest BCUT2D eigenvalue weighted by molar-refractivity contribution is 5.95. The summed E-state index contributed by atoms with van der Waals surface area (Å²) in [6.45, 7) is 6.22. The van der Waals surface area contributed by atoms with E-state index in [1.807, 2.05) is 38.1 Å². The van der Waals surface area contributed by atoms with Crippen molar-refractivity contribution in [3.05, 3.63) is 58.7 Å². The number of carbonyl (C=O) groups is 1. The van der Waals surface area contributed by atoms with E-state index in [0.717, 1.165) is 46.6 Å². The molecule has 1 N–H and O–H groups in total. The van der Waals surface area contributed by atoms with Crippen LogP contribution in [0, 0.1) is 13.8 Å². The molecule has 2 aromatic carbocycles. The molecule has 5 nitrogen and oxygen atoms in total. The molecule has 0 atom stereocenters. The zero-order valence-electron chi connectivity index (χ0n) is 15.8. The molecule has 0 spiro atoms. The number of hydrogen-bond donors (Lipinski definition) is 1. The number of carbonyl (C=O) groups excluding carboxylic acids is 1. The third-order valence-corrected chi connectivity index (χ3v) is 5.65. The van der Waals surface area contributed by atoms with Crippen molar-refractivity contribution in [2.75, 3.05) is 26.6 Å². The number of aryl methyl sites for hydroxylation is 2. The monoisotopic (exact) mass is 367 g/mol. The van der Waals surface area contributed by atoms with Crippen LogP contribution in [-0.2, 0) is 10.2 Å². The first kappa shape index (κ1) is 17.9. The van der Waals surface area contributed by atoms with E-state index in [9.17, 15) is 4.79 Å². The van der Waals surface area contributed by atoms with Crippen LogP contribution in [0.15, 0.2) is 36.4 Å². The van der Waals surface area contributed by atoms with Crippen molar-refractivity contribution in [3.8, 4) is 11.5 Å². The molecule has 0 bridgehead atoms. The first-order chi connectivity index (χ1) is 13.1. The fraction of sp³-hybridized carbons (Fsp3) is 0.409. The maximum Gasteiger partial charge on any atom is 0.251 e. The van der Waals surface area contributed by atoms with Gasteiger partial charge in [0, 0.05) is 30.7 Å². The summed E-state index contributed by atoms with van der Waals surface area (Å²) < 4.78 is 16.6. The molecule has 2 heterocycles. The summed E-state index contributed by atoms with van der Waals surface area (Å²) in [5.74, 6) is 1.53. The van der Waals surface area contributed by atoms with E-state index in [2.05, 4.69) is 17.4 Å². The van der Waals surface area contributed by atoms with E-state index in [1.54, 1.807) is 0 Å². The highest BCUT2D eigenvalue weighted by Gasteiger charge is 2.36. The molecule has 0 aliphatic carbocycles. The average molecular weight is 367 g/mol. The SMILES string of the molecule is Cc1ccc(C(=O)NCC2(c3ccc4c(c3)OCO4)CCOCC2)c(C)c1. The topological polar surface area (TPSA) is 56.8 Å². The Morgan fingerprint density at radius 2 is 1.81 bits per heavy atom. The summed E-state index contributed by atoms with van der Waals surface area (Å²) in [4.78, 5) is 12.8. The number of ether oxygens (including phenoxy) is 3. The van der Waals surface area contributed by atoms with Crippen molar-refractivity contribution in [1.82, 2.24) is 5.32 Å². The summed E-state index contributed by atoms with van der Waals surface area (Å²) in [6.07, 6.45) is 1.72. The predicted molar refractivity (Wildman–Crippen MR) is 103 cm³/mol. The molecule has 142 valence electrons. The van der Waals surface area contributed by atoms with Gasteiger partial charge in [-0.2, -0.15) is 0 Å². The molecular formula is C22H25NO4. The van der Waals surface area contributed by atoms with E-state index in [4.69, 9.17) is 14.2 Å². The molecule has 27 heavy (non-hydrogen) atoms. The Kier molecular flexibility index (Phi) is 4.79. The second-order valence-electron chi connectivity index (χ2n) is 7.46. The molecule has 5 heteroatoms. The largest absolute Gasteiger partial charge is 0.454 e. The average Bonchev–Trinajstić information content (AvgIpc) is 3.15. The van der Waals surface area contributed by atoms with Crippen LogP contribution in [0.3, 0.4) is 0 Å². The number of fused-ring (bicyclic) bond motifs is 1. The molecule has 4 rings (SSSR count). The zero-order chi connectivity index (χ0) is 18.9. The minimum atomic E-state index is -0.159. The molecule has 0 unspecified atom stereocenters. The molecule has 2 aromatic rings. The van der Waals surface area contributed by atoms with Gasteiger partial charge in [-0.15, -0.1) is 0 Å². The molecule has 1 saturated heterocycles. The molecule has 0 radical (unpaired) electrons. The normalized spacial score (nSPS) is 17.6. The van der Waals surface area contributed by atoms with E-state index in [0.29, 0.717) is 19.8 Å². The van der Waals surface area contributed by atoms with Crippen LogP contribution in [0.4, 0.5) is 0 Å². The van der Waals surface area contributed by atoms with Crippen LogP contribution in [-0.4, -0.2) is 32.5 Å². The minimum absolute atomic E-state index is 0.0286. The molecule has 0 saturated carbocycles. The zero-order valence-corrected chi connectivity index (χ0v) is 15.8. The summed E-state index contributed by atoms with van der Waals surface area (Å²) >= 11 is 0. The van der Waals surface area contributed by atoms with Gasteiger partial charge in [0.05, 0.1) is 0 Å². The molecule has 1 fully saturated rings. The van der Waals surface area contributed by atoms with Crippen LogP contribution in [0.25, 0.3) is 0 Å².